The van der Waals surface area contributed by atoms with Crippen molar-refractivity contribution in [3.05, 3.63) is 0 Å². The summed E-state index contributed by atoms with van der Waals surface area (Å²) in [7, 11) is 0. The zero-order valence-electron chi connectivity index (χ0n) is 5.71. The first-order valence-corrected chi connectivity index (χ1v) is 3.37. The van der Waals surface area contributed by atoms with E-state index in [9.17, 15) is 22.0 Å². The summed E-state index contributed by atoms with van der Waals surface area (Å²) in [6.45, 7) is 0. The zero-order chi connectivity index (χ0) is 9.99. The third kappa shape index (κ3) is 3.53. The Morgan fingerprint density at radius 3 is 1.83 bits per heavy atom. The van der Waals surface area contributed by atoms with Gasteiger partial charge in [0, 0.05) is 6.42 Å². The van der Waals surface area contributed by atoms with E-state index in [1.165, 1.54) is 0 Å². The van der Waals surface area contributed by atoms with Gasteiger partial charge < -0.3 is 5.11 Å². The van der Waals surface area contributed by atoms with Crippen LogP contribution in [0.2, 0.25) is 0 Å². The van der Waals surface area contributed by atoms with Crippen molar-refractivity contribution < 1.29 is 27.1 Å². The normalized spacial score (nSPS) is 16.2. The molecule has 0 aliphatic heterocycles. The molecule has 0 aliphatic rings. The molecule has 0 bridgehead atoms. The molecular formula is C5H6ClF5O. The van der Waals surface area contributed by atoms with Gasteiger partial charge in [0.25, 0.3) is 0 Å². The highest BCUT2D eigenvalue weighted by Crippen LogP contribution is 2.39. The van der Waals surface area contributed by atoms with Gasteiger partial charge in [-0.25, -0.2) is 0 Å². The van der Waals surface area contributed by atoms with Crippen LogP contribution < -0.4 is 0 Å². The van der Waals surface area contributed by atoms with E-state index in [-0.39, 0.29) is 0 Å². The van der Waals surface area contributed by atoms with Crippen molar-refractivity contribution in [2.75, 3.05) is 0 Å². The van der Waals surface area contributed by atoms with Crippen molar-refractivity contribution >= 4 is 11.6 Å². The molecule has 0 rings (SSSR count). The van der Waals surface area contributed by atoms with Crippen LogP contribution in [0.1, 0.15) is 12.8 Å². The summed E-state index contributed by atoms with van der Waals surface area (Å²) >= 11 is 4.79. The standard InChI is InChI=1S/C5H6ClF5O/c6-3(12)1-2-4(7,8)5(9,10)11/h3,12H,1-2H2. The fourth-order valence-electron chi connectivity index (χ4n) is 0.442. The van der Waals surface area contributed by atoms with Crippen molar-refractivity contribution in [2.24, 2.45) is 0 Å². The molecule has 1 atom stereocenters. The topological polar surface area (TPSA) is 20.2 Å². The Morgan fingerprint density at radius 2 is 1.58 bits per heavy atom. The van der Waals surface area contributed by atoms with E-state index >= 15 is 0 Å². The number of aliphatic hydroxyl groups is 1. The lowest BCUT2D eigenvalue weighted by Crippen LogP contribution is -2.36. The highest BCUT2D eigenvalue weighted by atomic mass is 35.5. The first-order chi connectivity index (χ1) is 5.17. The van der Waals surface area contributed by atoms with E-state index in [1.54, 1.807) is 0 Å². The molecule has 0 radical (unpaired) electrons. The summed E-state index contributed by atoms with van der Waals surface area (Å²) in [4.78, 5) is 0. The summed E-state index contributed by atoms with van der Waals surface area (Å²) in [6, 6.07) is 0. The first-order valence-electron chi connectivity index (χ1n) is 2.93. The van der Waals surface area contributed by atoms with Gasteiger partial charge in [-0.2, -0.15) is 22.0 Å². The number of hydrogen-bond acceptors (Lipinski definition) is 1. The molecule has 0 amide bonds. The minimum atomic E-state index is -5.57. The molecule has 0 aliphatic carbocycles. The second-order valence-electron chi connectivity index (χ2n) is 2.18. The maximum absolute atomic E-state index is 12.0. The SMILES string of the molecule is OC(Cl)CCC(F)(F)C(F)(F)F. The minimum Gasteiger partial charge on any atom is -0.378 e. The third-order valence-corrected chi connectivity index (χ3v) is 1.33. The molecule has 0 saturated heterocycles. The fourth-order valence-corrected chi connectivity index (χ4v) is 0.551. The second-order valence-corrected chi connectivity index (χ2v) is 2.68. The molecule has 0 aromatic rings. The van der Waals surface area contributed by atoms with Gasteiger partial charge in [0.15, 0.2) is 0 Å². The predicted octanol–water partition coefficient (Wildman–Crippen LogP) is 2.52. The number of rotatable bonds is 3. The molecule has 0 saturated carbocycles. The average Bonchev–Trinajstić information content (AvgIpc) is 1.81. The zero-order valence-corrected chi connectivity index (χ0v) is 6.46. The molecular weight excluding hydrogens is 206 g/mol. The Hall–Kier alpha value is -0.100. The van der Waals surface area contributed by atoms with Crippen LogP contribution >= 0.6 is 11.6 Å². The summed E-state index contributed by atoms with van der Waals surface area (Å²) in [5.74, 6) is -4.77. The van der Waals surface area contributed by atoms with Gasteiger partial charge in [0.1, 0.15) is 5.56 Å². The molecule has 74 valence electrons. The summed E-state index contributed by atoms with van der Waals surface area (Å²) < 4.78 is 58.2. The van der Waals surface area contributed by atoms with Crippen molar-refractivity contribution in [3.8, 4) is 0 Å². The number of hydrogen-bond donors (Lipinski definition) is 1. The van der Waals surface area contributed by atoms with Crippen LogP contribution in [0.3, 0.4) is 0 Å². The van der Waals surface area contributed by atoms with Gasteiger partial charge in [-0.1, -0.05) is 11.6 Å². The molecule has 0 aromatic heterocycles. The Bertz CT molecular complexity index is 143. The molecule has 1 nitrogen and oxygen atoms in total. The maximum atomic E-state index is 12.0. The van der Waals surface area contributed by atoms with Crippen LogP contribution in [0.15, 0.2) is 0 Å². The van der Waals surface area contributed by atoms with Crippen LogP contribution in [-0.2, 0) is 0 Å². The molecule has 0 fully saturated rings. The lowest BCUT2D eigenvalue weighted by Gasteiger charge is -2.19. The van der Waals surface area contributed by atoms with E-state index in [2.05, 4.69) is 0 Å². The van der Waals surface area contributed by atoms with Gasteiger partial charge in [-0.3, -0.25) is 0 Å². The van der Waals surface area contributed by atoms with E-state index in [0.717, 1.165) is 0 Å². The highest BCUT2D eigenvalue weighted by Gasteiger charge is 2.56. The Kier molecular flexibility index (Phi) is 3.71. The van der Waals surface area contributed by atoms with Gasteiger partial charge >= 0.3 is 12.1 Å². The van der Waals surface area contributed by atoms with Crippen molar-refractivity contribution in [1.29, 1.82) is 0 Å². The highest BCUT2D eigenvalue weighted by molar-refractivity contribution is 6.19. The quantitative estimate of drug-likeness (QED) is 0.563. The average molecular weight is 213 g/mol. The lowest BCUT2D eigenvalue weighted by atomic mass is 10.2. The monoisotopic (exact) mass is 212 g/mol. The van der Waals surface area contributed by atoms with Crippen LogP contribution in [0, 0.1) is 0 Å². The number of alkyl halides is 6. The molecule has 7 heteroatoms. The molecule has 1 N–H and O–H groups in total. The largest absolute Gasteiger partial charge is 0.453 e. The predicted molar refractivity (Wildman–Crippen MR) is 32.1 cm³/mol. The van der Waals surface area contributed by atoms with Gasteiger partial charge in [0.05, 0.1) is 0 Å². The summed E-state index contributed by atoms with van der Waals surface area (Å²) in [5, 5.41) is 8.25. The second kappa shape index (κ2) is 3.74. The number of aliphatic hydroxyl groups excluding tert-OH is 1. The van der Waals surface area contributed by atoms with Crippen molar-refractivity contribution in [2.45, 2.75) is 30.5 Å². The third-order valence-electron chi connectivity index (χ3n) is 1.11. The van der Waals surface area contributed by atoms with E-state index < -0.39 is 30.5 Å². The van der Waals surface area contributed by atoms with Crippen LogP contribution in [0.25, 0.3) is 0 Å². The summed E-state index contributed by atoms with van der Waals surface area (Å²) in [6.07, 6.45) is -7.87. The molecule has 1 unspecified atom stereocenters. The molecule has 12 heavy (non-hydrogen) atoms. The van der Waals surface area contributed by atoms with Crippen LogP contribution in [0.4, 0.5) is 22.0 Å². The van der Waals surface area contributed by atoms with E-state index in [1.807, 2.05) is 0 Å². The fraction of sp³-hybridized carbons (Fsp3) is 1.00. The van der Waals surface area contributed by atoms with Crippen molar-refractivity contribution in [1.82, 2.24) is 0 Å². The maximum Gasteiger partial charge on any atom is 0.453 e. The molecule has 0 heterocycles. The first kappa shape index (κ1) is 11.9. The number of halogens is 6. The summed E-state index contributed by atoms with van der Waals surface area (Å²) in [5.41, 5.74) is -1.67. The van der Waals surface area contributed by atoms with Gasteiger partial charge in [-0.05, 0) is 6.42 Å². The van der Waals surface area contributed by atoms with E-state index in [0.29, 0.717) is 0 Å². The Labute approximate surface area is 70.1 Å². The van der Waals surface area contributed by atoms with Crippen LogP contribution in [0.5, 0.6) is 0 Å². The lowest BCUT2D eigenvalue weighted by molar-refractivity contribution is -0.285. The van der Waals surface area contributed by atoms with Crippen LogP contribution in [-0.4, -0.2) is 22.8 Å². The Morgan fingerprint density at radius 1 is 1.17 bits per heavy atom. The smallest absolute Gasteiger partial charge is 0.378 e. The van der Waals surface area contributed by atoms with Gasteiger partial charge in [0.2, 0.25) is 0 Å². The van der Waals surface area contributed by atoms with Gasteiger partial charge in [-0.15, -0.1) is 0 Å². The van der Waals surface area contributed by atoms with E-state index in [4.69, 9.17) is 16.7 Å². The molecule has 0 aromatic carbocycles. The minimum absolute atomic E-state index is 0.798. The Balaban J connectivity index is 4.05. The van der Waals surface area contributed by atoms with Crippen molar-refractivity contribution in [3.63, 3.8) is 0 Å². The molecule has 0 spiro atoms.